The van der Waals surface area contributed by atoms with Gasteiger partial charge >= 0.3 is 0 Å². The maximum Gasteiger partial charge on any atom is 0.229 e. The number of nitrogens with zero attached hydrogens (tertiary/aromatic N) is 1. The summed E-state index contributed by atoms with van der Waals surface area (Å²) in [5.41, 5.74) is 0.406. The Kier molecular flexibility index (Phi) is 5.43. The molecule has 24 heavy (non-hydrogen) atoms. The van der Waals surface area contributed by atoms with Crippen LogP contribution in [0.3, 0.4) is 0 Å². The van der Waals surface area contributed by atoms with Crippen LogP contribution in [0.4, 0.5) is 26.3 Å². The third kappa shape index (κ3) is 3.66. The van der Waals surface area contributed by atoms with Crippen molar-refractivity contribution in [3.63, 3.8) is 0 Å². The standard InChI is InChI=1S/C15H9F6NOS/c1-7(23)22(6-8-2-4-9(16)5-3-8)24-15-13(20)11(18)10(17)12(19)14(15)21/h2-5H,6H2,1H3. The van der Waals surface area contributed by atoms with Gasteiger partial charge in [0.15, 0.2) is 23.3 Å². The number of rotatable bonds is 4. The maximum absolute atomic E-state index is 13.7. The second-order valence-corrected chi connectivity index (χ2v) is 5.70. The van der Waals surface area contributed by atoms with Crippen LogP contribution in [0.2, 0.25) is 0 Å². The lowest BCUT2D eigenvalue weighted by Gasteiger charge is -2.20. The quantitative estimate of drug-likeness (QED) is 0.342. The summed E-state index contributed by atoms with van der Waals surface area (Å²) in [5, 5.41) is 0. The van der Waals surface area contributed by atoms with Gasteiger partial charge in [0.1, 0.15) is 10.7 Å². The first-order chi connectivity index (χ1) is 11.2. The summed E-state index contributed by atoms with van der Waals surface area (Å²) in [6.45, 7) is 0.836. The molecule has 9 heteroatoms. The summed E-state index contributed by atoms with van der Waals surface area (Å²) >= 11 is 0.0795. The van der Waals surface area contributed by atoms with Crippen molar-refractivity contribution < 1.29 is 31.1 Å². The van der Waals surface area contributed by atoms with E-state index in [0.29, 0.717) is 5.56 Å². The Morgan fingerprint density at radius 1 is 0.875 bits per heavy atom. The monoisotopic (exact) mass is 365 g/mol. The Bertz CT molecular complexity index is 752. The first-order valence-electron chi connectivity index (χ1n) is 6.44. The third-order valence-corrected chi connectivity index (χ3v) is 4.11. The number of hydrogen-bond acceptors (Lipinski definition) is 2. The van der Waals surface area contributed by atoms with E-state index in [4.69, 9.17) is 0 Å². The number of hydrogen-bond donors (Lipinski definition) is 0. The van der Waals surface area contributed by atoms with Crippen LogP contribution in [0, 0.1) is 34.9 Å². The largest absolute Gasteiger partial charge is 0.278 e. The molecule has 0 spiro atoms. The molecule has 0 heterocycles. The van der Waals surface area contributed by atoms with E-state index in [1.165, 1.54) is 12.1 Å². The van der Waals surface area contributed by atoms with Crippen LogP contribution in [0.1, 0.15) is 12.5 Å². The second kappa shape index (κ2) is 7.16. The highest BCUT2D eigenvalue weighted by molar-refractivity contribution is 7.97. The van der Waals surface area contributed by atoms with E-state index in [1.54, 1.807) is 0 Å². The number of halogens is 6. The van der Waals surface area contributed by atoms with Crippen molar-refractivity contribution in [3.8, 4) is 0 Å². The number of benzene rings is 2. The zero-order valence-corrected chi connectivity index (χ0v) is 12.9. The highest BCUT2D eigenvalue weighted by Gasteiger charge is 2.28. The number of carbonyl (C=O) groups excluding carboxylic acids is 1. The lowest BCUT2D eigenvalue weighted by molar-refractivity contribution is -0.124. The van der Waals surface area contributed by atoms with Crippen LogP contribution in [0.25, 0.3) is 0 Å². The van der Waals surface area contributed by atoms with Gasteiger partial charge in [-0.25, -0.2) is 26.3 Å². The average Bonchev–Trinajstić information content (AvgIpc) is 2.55. The topological polar surface area (TPSA) is 20.3 Å². The second-order valence-electron chi connectivity index (χ2n) is 4.67. The zero-order valence-electron chi connectivity index (χ0n) is 12.0. The molecule has 0 radical (unpaired) electrons. The molecule has 0 aliphatic heterocycles. The van der Waals surface area contributed by atoms with Crippen molar-refractivity contribution in [1.29, 1.82) is 0 Å². The van der Waals surface area contributed by atoms with Crippen molar-refractivity contribution in [2.24, 2.45) is 0 Å². The molecule has 2 nitrogen and oxygen atoms in total. The molecule has 2 aromatic rings. The van der Waals surface area contributed by atoms with Gasteiger partial charge in [-0.3, -0.25) is 9.10 Å². The van der Waals surface area contributed by atoms with Crippen molar-refractivity contribution >= 4 is 17.9 Å². The molecule has 0 fully saturated rings. The van der Waals surface area contributed by atoms with E-state index in [1.807, 2.05) is 0 Å². The van der Waals surface area contributed by atoms with Gasteiger partial charge in [0.25, 0.3) is 0 Å². The van der Waals surface area contributed by atoms with Crippen molar-refractivity contribution in [2.45, 2.75) is 18.4 Å². The summed E-state index contributed by atoms with van der Waals surface area (Å²) < 4.78 is 80.5. The molecule has 0 unspecified atom stereocenters. The van der Waals surface area contributed by atoms with E-state index < -0.39 is 45.7 Å². The van der Waals surface area contributed by atoms with Gasteiger partial charge in [-0.05, 0) is 29.6 Å². The molecule has 0 saturated carbocycles. The minimum Gasteiger partial charge on any atom is -0.278 e. The summed E-state index contributed by atoms with van der Waals surface area (Å²) in [4.78, 5) is 10.4. The van der Waals surface area contributed by atoms with E-state index in [-0.39, 0.29) is 18.5 Å². The first-order valence-corrected chi connectivity index (χ1v) is 7.21. The fraction of sp³-hybridized carbons (Fsp3) is 0.133. The van der Waals surface area contributed by atoms with Crippen LogP contribution in [0.15, 0.2) is 29.2 Å². The predicted octanol–water partition coefficient (Wildman–Crippen LogP) is 4.58. The molecule has 128 valence electrons. The van der Waals surface area contributed by atoms with Gasteiger partial charge in [0.2, 0.25) is 11.7 Å². The van der Waals surface area contributed by atoms with Crippen LogP contribution >= 0.6 is 11.9 Å². The maximum atomic E-state index is 13.7. The van der Waals surface area contributed by atoms with Gasteiger partial charge < -0.3 is 0 Å². The molecule has 0 saturated heterocycles. The molecule has 2 rings (SSSR count). The third-order valence-electron chi connectivity index (χ3n) is 2.96. The van der Waals surface area contributed by atoms with Gasteiger partial charge in [0, 0.05) is 6.92 Å². The Labute approximate surface area is 137 Å². The van der Waals surface area contributed by atoms with Gasteiger partial charge in [-0.1, -0.05) is 12.1 Å². The van der Waals surface area contributed by atoms with Crippen LogP contribution in [-0.4, -0.2) is 10.2 Å². The average molecular weight is 365 g/mol. The Morgan fingerprint density at radius 2 is 1.33 bits per heavy atom. The Morgan fingerprint density at radius 3 is 1.79 bits per heavy atom. The van der Waals surface area contributed by atoms with Crippen molar-refractivity contribution in [3.05, 3.63) is 64.7 Å². The molecule has 0 bridgehead atoms. The molecule has 1 amide bonds. The zero-order chi connectivity index (χ0) is 18.0. The van der Waals surface area contributed by atoms with Crippen LogP contribution in [-0.2, 0) is 11.3 Å². The van der Waals surface area contributed by atoms with Crippen LogP contribution < -0.4 is 0 Å². The Balaban J connectivity index is 2.35. The molecule has 0 N–H and O–H groups in total. The molecular weight excluding hydrogens is 356 g/mol. The van der Waals surface area contributed by atoms with E-state index in [2.05, 4.69) is 0 Å². The normalized spacial score (nSPS) is 10.8. The smallest absolute Gasteiger partial charge is 0.229 e. The number of amides is 1. The SMILES string of the molecule is CC(=O)N(Cc1ccc(F)cc1)Sc1c(F)c(F)c(F)c(F)c1F. The molecule has 0 aliphatic carbocycles. The predicted molar refractivity (Wildman–Crippen MR) is 74.7 cm³/mol. The Hall–Kier alpha value is -2.16. The van der Waals surface area contributed by atoms with E-state index in [0.717, 1.165) is 23.4 Å². The molecule has 0 atom stereocenters. The minimum atomic E-state index is -2.28. The van der Waals surface area contributed by atoms with E-state index in [9.17, 15) is 31.1 Å². The number of carbonyl (C=O) groups is 1. The summed E-state index contributed by atoms with van der Waals surface area (Å²) in [7, 11) is 0. The summed E-state index contributed by atoms with van der Waals surface area (Å²) in [6, 6.07) is 4.86. The lowest BCUT2D eigenvalue weighted by atomic mass is 10.2. The van der Waals surface area contributed by atoms with Gasteiger partial charge in [-0.15, -0.1) is 0 Å². The highest BCUT2D eigenvalue weighted by Crippen LogP contribution is 2.33. The fourth-order valence-corrected chi connectivity index (χ4v) is 2.64. The van der Waals surface area contributed by atoms with Crippen molar-refractivity contribution in [2.75, 3.05) is 0 Å². The summed E-state index contributed by atoms with van der Waals surface area (Å²) in [6.07, 6.45) is 0. The van der Waals surface area contributed by atoms with Gasteiger partial charge in [-0.2, -0.15) is 0 Å². The molecule has 0 aromatic heterocycles. The molecule has 0 aliphatic rings. The summed E-state index contributed by atoms with van der Waals surface area (Å²) in [5.74, 6) is -11.7. The van der Waals surface area contributed by atoms with Gasteiger partial charge in [0.05, 0.1) is 6.54 Å². The minimum absolute atomic E-state index is 0.0795. The lowest BCUT2D eigenvalue weighted by Crippen LogP contribution is -2.22. The fourth-order valence-electron chi connectivity index (χ4n) is 1.74. The first kappa shape index (κ1) is 18.2. The van der Waals surface area contributed by atoms with Crippen LogP contribution in [0.5, 0.6) is 0 Å². The molecule has 2 aromatic carbocycles. The highest BCUT2D eigenvalue weighted by atomic mass is 32.2. The van der Waals surface area contributed by atoms with E-state index >= 15 is 0 Å². The molecular formula is C15H9F6NOS. The van der Waals surface area contributed by atoms with Crippen molar-refractivity contribution in [1.82, 2.24) is 4.31 Å².